The van der Waals surface area contributed by atoms with Gasteiger partial charge >= 0.3 is 5.97 Å². The lowest BCUT2D eigenvalue weighted by Crippen LogP contribution is -2.32. The third kappa shape index (κ3) is 4.63. The molecule has 116 valence electrons. The van der Waals surface area contributed by atoms with Crippen LogP contribution < -0.4 is 9.47 Å². The average molecular weight is 357 g/mol. The molecule has 0 spiro atoms. The summed E-state index contributed by atoms with van der Waals surface area (Å²) in [6.45, 7) is 2.86. The normalized spacial score (nSPS) is 16.8. The molecule has 4 nitrogen and oxygen atoms in total. The summed E-state index contributed by atoms with van der Waals surface area (Å²) < 4.78 is 16.5. The van der Waals surface area contributed by atoms with Crippen molar-refractivity contribution in [3.05, 3.63) is 23.8 Å². The maximum atomic E-state index is 11.8. The molecule has 1 heterocycles. The van der Waals surface area contributed by atoms with E-state index in [4.69, 9.17) is 14.2 Å². The Labute approximate surface area is 133 Å². The third-order valence-corrected chi connectivity index (χ3v) is 3.89. The zero-order valence-electron chi connectivity index (χ0n) is 12.3. The fraction of sp³-hybridized carbons (Fsp3) is 0.562. The molecule has 1 unspecified atom stereocenters. The molecule has 2 rings (SSSR count). The van der Waals surface area contributed by atoms with Crippen molar-refractivity contribution in [3.63, 3.8) is 0 Å². The van der Waals surface area contributed by atoms with Gasteiger partial charge in [-0.05, 0) is 44.2 Å². The molecule has 1 aromatic carbocycles. The quantitative estimate of drug-likeness (QED) is 0.426. The highest BCUT2D eigenvalue weighted by atomic mass is 79.9. The Hall–Kier alpha value is -1.23. The van der Waals surface area contributed by atoms with Crippen LogP contribution in [0.5, 0.6) is 11.5 Å². The van der Waals surface area contributed by atoms with E-state index in [0.29, 0.717) is 19.6 Å². The largest absolute Gasteiger partial charge is 0.493 e. The highest BCUT2D eigenvalue weighted by molar-refractivity contribution is 9.09. The molecule has 0 radical (unpaired) electrons. The molecule has 1 aliphatic heterocycles. The Morgan fingerprint density at radius 2 is 2.29 bits per heavy atom. The predicted molar refractivity (Wildman–Crippen MR) is 84.3 cm³/mol. The SMILES string of the molecule is CCOC(=O)C1CCc2ccc(OCCCCBr)cc2O1. The van der Waals surface area contributed by atoms with Crippen LogP contribution in [-0.2, 0) is 16.0 Å². The number of ether oxygens (including phenoxy) is 3. The average Bonchev–Trinajstić information content (AvgIpc) is 2.51. The Morgan fingerprint density at radius 3 is 3.05 bits per heavy atom. The van der Waals surface area contributed by atoms with Gasteiger partial charge in [-0.2, -0.15) is 0 Å². The second-order valence-corrected chi connectivity index (χ2v) is 5.70. The topological polar surface area (TPSA) is 44.8 Å². The van der Waals surface area contributed by atoms with Crippen LogP contribution >= 0.6 is 15.9 Å². The Balaban J connectivity index is 1.95. The van der Waals surface area contributed by atoms with Crippen molar-refractivity contribution >= 4 is 21.9 Å². The van der Waals surface area contributed by atoms with E-state index in [1.54, 1.807) is 6.92 Å². The summed E-state index contributed by atoms with van der Waals surface area (Å²) in [6.07, 6.45) is 3.09. The third-order valence-electron chi connectivity index (χ3n) is 3.33. The molecule has 0 saturated heterocycles. The summed E-state index contributed by atoms with van der Waals surface area (Å²) in [6, 6.07) is 5.84. The number of carbonyl (C=O) groups excluding carboxylic acids is 1. The summed E-state index contributed by atoms with van der Waals surface area (Å²) in [7, 11) is 0. The van der Waals surface area contributed by atoms with Crippen LogP contribution in [0.15, 0.2) is 18.2 Å². The van der Waals surface area contributed by atoms with Crippen molar-refractivity contribution in [3.8, 4) is 11.5 Å². The van der Waals surface area contributed by atoms with Crippen molar-refractivity contribution < 1.29 is 19.0 Å². The van der Waals surface area contributed by atoms with Crippen molar-refractivity contribution in [2.24, 2.45) is 0 Å². The number of aryl methyl sites for hydroxylation is 1. The monoisotopic (exact) mass is 356 g/mol. The predicted octanol–water partition coefficient (Wildman–Crippen LogP) is 3.50. The summed E-state index contributed by atoms with van der Waals surface area (Å²) in [5.41, 5.74) is 1.11. The molecule has 5 heteroatoms. The van der Waals surface area contributed by atoms with E-state index in [2.05, 4.69) is 15.9 Å². The number of hydrogen-bond donors (Lipinski definition) is 0. The van der Waals surface area contributed by atoms with Crippen LogP contribution in [0.1, 0.15) is 31.7 Å². The summed E-state index contributed by atoms with van der Waals surface area (Å²) in [5, 5.41) is 0.991. The highest BCUT2D eigenvalue weighted by Gasteiger charge is 2.27. The molecule has 0 bridgehead atoms. The number of hydrogen-bond acceptors (Lipinski definition) is 4. The molecule has 0 aliphatic carbocycles. The van der Waals surface area contributed by atoms with Crippen LogP contribution in [-0.4, -0.2) is 30.6 Å². The van der Waals surface area contributed by atoms with Crippen LogP contribution in [0.3, 0.4) is 0 Å². The van der Waals surface area contributed by atoms with Gasteiger partial charge in [0.1, 0.15) is 11.5 Å². The maximum absolute atomic E-state index is 11.8. The zero-order chi connectivity index (χ0) is 15.1. The van der Waals surface area contributed by atoms with Gasteiger partial charge in [-0.1, -0.05) is 22.0 Å². The van der Waals surface area contributed by atoms with Gasteiger partial charge in [-0.3, -0.25) is 0 Å². The molecule has 0 aromatic heterocycles. The van der Waals surface area contributed by atoms with E-state index in [-0.39, 0.29) is 5.97 Å². The molecule has 0 amide bonds. The number of benzene rings is 1. The number of halogens is 1. The number of unbranched alkanes of at least 4 members (excludes halogenated alkanes) is 1. The van der Waals surface area contributed by atoms with E-state index in [9.17, 15) is 4.79 Å². The smallest absolute Gasteiger partial charge is 0.347 e. The first-order valence-corrected chi connectivity index (χ1v) is 8.51. The molecule has 1 atom stereocenters. The number of fused-ring (bicyclic) bond motifs is 1. The number of esters is 1. The van der Waals surface area contributed by atoms with Crippen molar-refractivity contribution in [2.45, 2.75) is 38.7 Å². The molecule has 21 heavy (non-hydrogen) atoms. The lowest BCUT2D eigenvalue weighted by atomic mass is 10.0. The van der Waals surface area contributed by atoms with Crippen LogP contribution in [0.25, 0.3) is 0 Å². The first-order valence-electron chi connectivity index (χ1n) is 7.39. The van der Waals surface area contributed by atoms with Crippen molar-refractivity contribution in [2.75, 3.05) is 18.5 Å². The minimum absolute atomic E-state index is 0.285. The standard InChI is InChI=1S/C16H21BrO4/c1-2-19-16(18)14-8-6-12-5-7-13(11-15(12)21-14)20-10-4-3-9-17/h5,7,11,14H,2-4,6,8-10H2,1H3. The fourth-order valence-electron chi connectivity index (χ4n) is 2.23. The molecular formula is C16H21BrO4. The van der Waals surface area contributed by atoms with Crippen molar-refractivity contribution in [1.82, 2.24) is 0 Å². The number of carbonyl (C=O) groups is 1. The lowest BCUT2D eigenvalue weighted by molar-refractivity contribution is -0.152. The van der Waals surface area contributed by atoms with Gasteiger partial charge in [0.05, 0.1) is 13.2 Å². The molecular weight excluding hydrogens is 336 g/mol. The molecule has 0 N–H and O–H groups in total. The van der Waals surface area contributed by atoms with Crippen LogP contribution in [0.4, 0.5) is 0 Å². The molecule has 1 aliphatic rings. The Morgan fingerprint density at radius 1 is 1.43 bits per heavy atom. The Kier molecular flexibility index (Phi) is 6.36. The van der Waals surface area contributed by atoms with Gasteiger partial charge < -0.3 is 14.2 Å². The van der Waals surface area contributed by atoms with Gasteiger partial charge in [-0.25, -0.2) is 4.79 Å². The van der Waals surface area contributed by atoms with Gasteiger partial charge in [0.15, 0.2) is 6.10 Å². The molecule has 0 fully saturated rings. The summed E-state index contributed by atoms with van der Waals surface area (Å²) in [4.78, 5) is 11.8. The van der Waals surface area contributed by atoms with E-state index in [1.807, 2.05) is 18.2 Å². The van der Waals surface area contributed by atoms with E-state index in [0.717, 1.165) is 41.7 Å². The van der Waals surface area contributed by atoms with E-state index >= 15 is 0 Å². The van der Waals surface area contributed by atoms with Crippen LogP contribution in [0, 0.1) is 0 Å². The summed E-state index contributed by atoms with van der Waals surface area (Å²) in [5.74, 6) is 1.23. The maximum Gasteiger partial charge on any atom is 0.347 e. The van der Waals surface area contributed by atoms with Gasteiger partial charge in [0.2, 0.25) is 0 Å². The molecule has 0 saturated carbocycles. The Bertz CT molecular complexity index is 475. The van der Waals surface area contributed by atoms with Gasteiger partial charge in [0, 0.05) is 11.4 Å². The van der Waals surface area contributed by atoms with Crippen LogP contribution in [0.2, 0.25) is 0 Å². The molecule has 1 aromatic rings. The van der Waals surface area contributed by atoms with E-state index < -0.39 is 6.10 Å². The minimum atomic E-state index is -0.499. The first-order chi connectivity index (χ1) is 10.2. The minimum Gasteiger partial charge on any atom is -0.493 e. The summed E-state index contributed by atoms with van der Waals surface area (Å²) >= 11 is 3.40. The van der Waals surface area contributed by atoms with E-state index in [1.165, 1.54) is 0 Å². The van der Waals surface area contributed by atoms with Gasteiger partial charge in [0.25, 0.3) is 0 Å². The van der Waals surface area contributed by atoms with Gasteiger partial charge in [-0.15, -0.1) is 0 Å². The second kappa shape index (κ2) is 8.27. The van der Waals surface area contributed by atoms with Crippen molar-refractivity contribution in [1.29, 1.82) is 0 Å². The number of alkyl halides is 1. The number of rotatable bonds is 7. The first kappa shape index (κ1) is 16.1. The lowest BCUT2D eigenvalue weighted by Gasteiger charge is -2.25. The highest BCUT2D eigenvalue weighted by Crippen LogP contribution is 2.31. The zero-order valence-corrected chi connectivity index (χ0v) is 13.9. The fourth-order valence-corrected chi connectivity index (χ4v) is 2.62. The second-order valence-electron chi connectivity index (χ2n) is 4.91.